The lowest BCUT2D eigenvalue weighted by Crippen LogP contribution is -2.18. The highest BCUT2D eigenvalue weighted by Gasteiger charge is 2.09. The summed E-state index contributed by atoms with van der Waals surface area (Å²) >= 11 is 0. The molecule has 1 aromatic carbocycles. The summed E-state index contributed by atoms with van der Waals surface area (Å²) < 4.78 is 2.17. The van der Waals surface area contributed by atoms with Crippen LogP contribution in [0.1, 0.15) is 11.4 Å². The molecule has 5 heteroatoms. The molecule has 0 bridgehead atoms. The predicted octanol–water partition coefficient (Wildman–Crippen LogP) is 1.53. The van der Waals surface area contributed by atoms with Crippen LogP contribution in [0.4, 0.5) is 0 Å². The maximum atomic E-state index is 10.7. The molecular formula is C14H19N3O2. The molecule has 0 atom stereocenters. The van der Waals surface area contributed by atoms with Crippen LogP contribution in [0.5, 0.6) is 0 Å². The molecular weight excluding hydrogens is 242 g/mol. The third kappa shape index (κ3) is 3.12. The fourth-order valence-electron chi connectivity index (χ4n) is 2.16. The number of aliphatic carboxylic acids is 1. The summed E-state index contributed by atoms with van der Waals surface area (Å²) in [5.74, 6) is 0.146. The SMILES string of the molecule is Cc1nc2cc(CC(=O)O)ccc2n1CCN(C)C. The second-order valence-corrected chi connectivity index (χ2v) is 5.01. The van der Waals surface area contributed by atoms with Crippen molar-refractivity contribution in [2.24, 2.45) is 0 Å². The molecule has 0 saturated heterocycles. The highest BCUT2D eigenvalue weighted by molar-refractivity contribution is 5.79. The smallest absolute Gasteiger partial charge is 0.307 e. The van der Waals surface area contributed by atoms with Crippen LogP contribution in [0.15, 0.2) is 18.2 Å². The summed E-state index contributed by atoms with van der Waals surface area (Å²) in [5, 5.41) is 8.81. The van der Waals surface area contributed by atoms with Crippen LogP contribution in [0.25, 0.3) is 11.0 Å². The summed E-state index contributed by atoms with van der Waals surface area (Å²) in [6.45, 7) is 3.81. The summed E-state index contributed by atoms with van der Waals surface area (Å²) in [4.78, 5) is 17.4. The Morgan fingerprint density at radius 3 is 2.79 bits per heavy atom. The second kappa shape index (κ2) is 5.40. The van der Waals surface area contributed by atoms with Gasteiger partial charge in [-0.1, -0.05) is 6.07 Å². The third-order valence-corrected chi connectivity index (χ3v) is 3.13. The summed E-state index contributed by atoms with van der Waals surface area (Å²) in [7, 11) is 4.08. The topological polar surface area (TPSA) is 58.4 Å². The number of benzene rings is 1. The van der Waals surface area contributed by atoms with E-state index < -0.39 is 5.97 Å². The fourth-order valence-corrected chi connectivity index (χ4v) is 2.16. The van der Waals surface area contributed by atoms with Gasteiger partial charge >= 0.3 is 5.97 Å². The molecule has 0 aliphatic rings. The Bertz CT molecular complexity index is 602. The predicted molar refractivity (Wildman–Crippen MR) is 74.4 cm³/mol. The lowest BCUT2D eigenvalue weighted by Gasteiger charge is -2.12. The normalized spacial score (nSPS) is 11.4. The van der Waals surface area contributed by atoms with Crippen LogP contribution in [-0.2, 0) is 17.8 Å². The molecule has 0 spiro atoms. The number of fused-ring (bicyclic) bond motifs is 1. The van der Waals surface area contributed by atoms with Crippen LogP contribution >= 0.6 is 0 Å². The van der Waals surface area contributed by atoms with Crippen molar-refractivity contribution < 1.29 is 9.90 Å². The van der Waals surface area contributed by atoms with Gasteiger partial charge in [-0.15, -0.1) is 0 Å². The Morgan fingerprint density at radius 1 is 1.42 bits per heavy atom. The number of aryl methyl sites for hydroxylation is 1. The van der Waals surface area contributed by atoms with Crippen molar-refractivity contribution >= 4 is 17.0 Å². The van der Waals surface area contributed by atoms with Crippen molar-refractivity contribution in [2.45, 2.75) is 19.9 Å². The van der Waals surface area contributed by atoms with E-state index in [2.05, 4.69) is 14.5 Å². The van der Waals surface area contributed by atoms with Crippen LogP contribution < -0.4 is 0 Å². The Kier molecular flexibility index (Phi) is 3.85. The van der Waals surface area contributed by atoms with E-state index in [4.69, 9.17) is 5.11 Å². The Morgan fingerprint density at radius 2 is 2.16 bits per heavy atom. The van der Waals surface area contributed by atoms with Crippen LogP contribution in [0.3, 0.4) is 0 Å². The Hall–Kier alpha value is -1.88. The lowest BCUT2D eigenvalue weighted by molar-refractivity contribution is -0.136. The van der Waals surface area contributed by atoms with Gasteiger partial charge in [0.2, 0.25) is 0 Å². The molecule has 0 fully saturated rings. The van der Waals surface area contributed by atoms with Crippen molar-refractivity contribution in [1.82, 2.24) is 14.5 Å². The van der Waals surface area contributed by atoms with E-state index in [1.165, 1.54) is 0 Å². The third-order valence-electron chi connectivity index (χ3n) is 3.13. The number of carboxylic acids is 1. The molecule has 0 aliphatic heterocycles. The highest BCUT2D eigenvalue weighted by Crippen LogP contribution is 2.18. The maximum Gasteiger partial charge on any atom is 0.307 e. The van der Waals surface area contributed by atoms with Crippen molar-refractivity contribution in [2.75, 3.05) is 20.6 Å². The monoisotopic (exact) mass is 261 g/mol. The highest BCUT2D eigenvalue weighted by atomic mass is 16.4. The molecule has 2 aromatic rings. The number of hydrogen-bond acceptors (Lipinski definition) is 3. The summed E-state index contributed by atoms with van der Waals surface area (Å²) in [6.07, 6.45) is 0.0412. The molecule has 0 radical (unpaired) electrons. The zero-order valence-electron chi connectivity index (χ0n) is 11.6. The molecule has 0 saturated carbocycles. The van der Waals surface area contributed by atoms with Gasteiger partial charge in [0.1, 0.15) is 5.82 Å². The van der Waals surface area contributed by atoms with Crippen molar-refractivity contribution in [1.29, 1.82) is 0 Å². The van der Waals surface area contributed by atoms with Crippen molar-refractivity contribution in [3.05, 3.63) is 29.6 Å². The minimum absolute atomic E-state index is 0.0412. The minimum atomic E-state index is -0.817. The average molecular weight is 261 g/mol. The number of hydrogen-bond donors (Lipinski definition) is 1. The van der Waals surface area contributed by atoms with Crippen molar-refractivity contribution in [3.8, 4) is 0 Å². The number of imidazole rings is 1. The van der Waals surface area contributed by atoms with Gasteiger partial charge in [0, 0.05) is 13.1 Å². The minimum Gasteiger partial charge on any atom is -0.481 e. The molecule has 0 unspecified atom stereocenters. The van der Waals surface area contributed by atoms with Gasteiger partial charge in [0.25, 0.3) is 0 Å². The van der Waals surface area contributed by atoms with Gasteiger partial charge in [-0.2, -0.15) is 0 Å². The number of likely N-dealkylation sites (N-methyl/N-ethyl adjacent to an activating group) is 1. The Balaban J connectivity index is 2.33. The molecule has 1 N–H and O–H groups in total. The van der Waals surface area contributed by atoms with Crippen molar-refractivity contribution in [3.63, 3.8) is 0 Å². The van der Waals surface area contributed by atoms with Gasteiger partial charge in [-0.25, -0.2) is 4.98 Å². The van der Waals surface area contributed by atoms with Gasteiger partial charge in [0.05, 0.1) is 17.5 Å². The number of carboxylic acid groups (broad SMARTS) is 1. The quantitative estimate of drug-likeness (QED) is 0.887. The zero-order chi connectivity index (χ0) is 14.0. The van der Waals surface area contributed by atoms with E-state index in [-0.39, 0.29) is 6.42 Å². The number of aromatic nitrogens is 2. The first-order chi connectivity index (χ1) is 8.97. The Labute approximate surface area is 112 Å². The molecule has 102 valence electrons. The standard InChI is InChI=1S/C14H19N3O2/c1-10-15-12-8-11(9-14(18)19)4-5-13(12)17(10)7-6-16(2)3/h4-5,8H,6-7,9H2,1-3H3,(H,18,19). The van der Waals surface area contributed by atoms with Gasteiger partial charge in [-0.3, -0.25) is 4.79 Å². The largest absolute Gasteiger partial charge is 0.481 e. The molecule has 1 aromatic heterocycles. The van der Waals surface area contributed by atoms with Gasteiger partial charge in [-0.05, 0) is 38.7 Å². The van der Waals surface area contributed by atoms with E-state index in [0.717, 1.165) is 35.5 Å². The number of nitrogens with zero attached hydrogens (tertiary/aromatic N) is 3. The van der Waals surface area contributed by atoms with E-state index >= 15 is 0 Å². The molecule has 1 heterocycles. The maximum absolute atomic E-state index is 10.7. The van der Waals surface area contributed by atoms with Crippen LogP contribution in [-0.4, -0.2) is 46.2 Å². The number of carbonyl (C=O) groups is 1. The van der Waals surface area contributed by atoms with E-state index in [1.54, 1.807) is 0 Å². The molecule has 0 amide bonds. The first kappa shape index (κ1) is 13.5. The first-order valence-electron chi connectivity index (χ1n) is 6.29. The molecule has 0 aliphatic carbocycles. The zero-order valence-corrected chi connectivity index (χ0v) is 11.6. The average Bonchev–Trinajstić information content (AvgIpc) is 2.60. The first-order valence-corrected chi connectivity index (χ1v) is 6.29. The lowest BCUT2D eigenvalue weighted by atomic mass is 10.1. The van der Waals surface area contributed by atoms with E-state index in [9.17, 15) is 4.79 Å². The summed E-state index contributed by atoms with van der Waals surface area (Å²) in [6, 6.07) is 5.69. The molecule has 19 heavy (non-hydrogen) atoms. The van der Waals surface area contributed by atoms with Gasteiger partial charge in [0.15, 0.2) is 0 Å². The van der Waals surface area contributed by atoms with Crippen LogP contribution in [0, 0.1) is 6.92 Å². The van der Waals surface area contributed by atoms with E-state index in [1.807, 2.05) is 39.2 Å². The second-order valence-electron chi connectivity index (χ2n) is 5.01. The van der Waals surface area contributed by atoms with Crippen LogP contribution in [0.2, 0.25) is 0 Å². The molecule has 5 nitrogen and oxygen atoms in total. The fraction of sp³-hybridized carbons (Fsp3) is 0.429. The van der Waals surface area contributed by atoms with E-state index in [0.29, 0.717) is 0 Å². The number of rotatable bonds is 5. The summed E-state index contributed by atoms with van der Waals surface area (Å²) in [5.41, 5.74) is 2.72. The molecule has 2 rings (SSSR count). The van der Waals surface area contributed by atoms with Gasteiger partial charge < -0.3 is 14.6 Å².